The molecule has 9 heteroatoms. The maximum atomic E-state index is 12.4. The standard InChI is InChI=1S/C13H17N3O4S2/c1-4-21(17,18)12-7-5-11(6-8-12)16-22(19,20)13-9(2)14-15-10(13)3/h5-8,16H,4H2,1-3H3,(H,14,15). The third kappa shape index (κ3) is 3.14. The predicted molar refractivity (Wildman–Crippen MR) is 83.0 cm³/mol. The molecule has 0 saturated heterocycles. The van der Waals surface area contributed by atoms with Gasteiger partial charge in [-0.1, -0.05) is 6.92 Å². The zero-order valence-corrected chi connectivity index (χ0v) is 14.0. The number of hydrogen-bond donors (Lipinski definition) is 2. The van der Waals surface area contributed by atoms with Gasteiger partial charge >= 0.3 is 0 Å². The Balaban J connectivity index is 2.32. The van der Waals surface area contributed by atoms with Gasteiger partial charge in [0.05, 0.1) is 22.0 Å². The predicted octanol–water partition coefficient (Wildman–Crippen LogP) is 1.62. The summed E-state index contributed by atoms with van der Waals surface area (Å²) in [5.74, 6) is -0.00845. The first-order chi connectivity index (χ1) is 10.2. The van der Waals surface area contributed by atoms with Gasteiger partial charge in [0, 0.05) is 5.69 Å². The van der Waals surface area contributed by atoms with Gasteiger partial charge < -0.3 is 0 Å². The van der Waals surface area contributed by atoms with Crippen LogP contribution in [0.25, 0.3) is 0 Å². The number of nitrogens with zero attached hydrogens (tertiary/aromatic N) is 1. The SMILES string of the molecule is CCS(=O)(=O)c1ccc(NS(=O)(=O)c2c(C)n[nH]c2C)cc1. The number of hydrogen-bond acceptors (Lipinski definition) is 5. The largest absolute Gasteiger partial charge is 0.281 e. The number of anilines is 1. The summed E-state index contributed by atoms with van der Waals surface area (Å²) in [5.41, 5.74) is 1.10. The maximum absolute atomic E-state index is 12.4. The van der Waals surface area contributed by atoms with E-state index >= 15 is 0 Å². The van der Waals surface area contributed by atoms with Crippen LogP contribution in [0.5, 0.6) is 0 Å². The van der Waals surface area contributed by atoms with Crippen molar-refractivity contribution in [1.29, 1.82) is 0 Å². The third-order valence-electron chi connectivity index (χ3n) is 3.17. The molecule has 0 amide bonds. The van der Waals surface area contributed by atoms with E-state index in [0.29, 0.717) is 11.4 Å². The second-order valence-corrected chi connectivity index (χ2v) is 8.69. The van der Waals surface area contributed by atoms with Gasteiger partial charge in [-0.2, -0.15) is 5.10 Å². The highest BCUT2D eigenvalue weighted by molar-refractivity contribution is 7.92. The summed E-state index contributed by atoms with van der Waals surface area (Å²) in [6, 6.07) is 5.60. The molecule has 0 spiro atoms. The summed E-state index contributed by atoms with van der Waals surface area (Å²) >= 11 is 0. The molecule has 0 aliphatic heterocycles. The van der Waals surface area contributed by atoms with Crippen molar-refractivity contribution in [2.24, 2.45) is 0 Å². The Bertz CT molecular complexity index is 862. The Morgan fingerprint density at radius 1 is 1.09 bits per heavy atom. The fourth-order valence-corrected chi connectivity index (χ4v) is 4.36. The number of aromatic nitrogens is 2. The van der Waals surface area contributed by atoms with Crippen molar-refractivity contribution in [2.45, 2.75) is 30.6 Å². The summed E-state index contributed by atoms with van der Waals surface area (Å²) in [7, 11) is -7.09. The Labute approximate surface area is 129 Å². The summed E-state index contributed by atoms with van der Waals surface area (Å²) in [6.07, 6.45) is 0. The number of benzene rings is 1. The first kappa shape index (κ1) is 16.5. The van der Waals surface area contributed by atoms with Crippen LogP contribution in [-0.4, -0.2) is 32.8 Å². The normalized spacial score (nSPS) is 12.3. The highest BCUT2D eigenvalue weighted by Gasteiger charge is 2.22. The molecule has 0 aliphatic rings. The Morgan fingerprint density at radius 2 is 1.68 bits per heavy atom. The van der Waals surface area contributed by atoms with E-state index in [1.807, 2.05) is 0 Å². The summed E-state index contributed by atoms with van der Waals surface area (Å²) in [5, 5.41) is 6.48. The van der Waals surface area contributed by atoms with Crippen LogP contribution < -0.4 is 4.72 Å². The van der Waals surface area contributed by atoms with Crippen LogP contribution in [0.4, 0.5) is 5.69 Å². The van der Waals surface area contributed by atoms with Crippen molar-refractivity contribution in [3.8, 4) is 0 Å². The third-order valence-corrected chi connectivity index (χ3v) is 6.57. The molecule has 0 fully saturated rings. The first-order valence-electron chi connectivity index (χ1n) is 6.54. The minimum atomic E-state index is -3.78. The molecule has 0 radical (unpaired) electrons. The molecule has 2 aromatic rings. The van der Waals surface area contributed by atoms with Crippen LogP contribution in [0.15, 0.2) is 34.1 Å². The van der Waals surface area contributed by atoms with Gasteiger partial charge in [-0.15, -0.1) is 0 Å². The maximum Gasteiger partial charge on any atom is 0.265 e. The smallest absolute Gasteiger partial charge is 0.265 e. The number of aromatic amines is 1. The van der Waals surface area contributed by atoms with E-state index in [4.69, 9.17) is 0 Å². The van der Waals surface area contributed by atoms with Crippen LogP contribution >= 0.6 is 0 Å². The van der Waals surface area contributed by atoms with Crippen molar-refractivity contribution >= 4 is 25.5 Å². The molecule has 22 heavy (non-hydrogen) atoms. The molecule has 7 nitrogen and oxygen atoms in total. The second kappa shape index (κ2) is 5.73. The number of sulfone groups is 1. The fourth-order valence-electron chi connectivity index (χ4n) is 2.04. The average Bonchev–Trinajstić information content (AvgIpc) is 2.79. The van der Waals surface area contributed by atoms with Gasteiger partial charge in [0.25, 0.3) is 10.0 Å². The minimum absolute atomic E-state index is 0.00845. The van der Waals surface area contributed by atoms with E-state index < -0.39 is 19.9 Å². The molecule has 1 heterocycles. The van der Waals surface area contributed by atoms with E-state index in [1.165, 1.54) is 24.3 Å². The molecule has 0 atom stereocenters. The molecule has 0 bridgehead atoms. The lowest BCUT2D eigenvalue weighted by Gasteiger charge is -2.09. The van der Waals surface area contributed by atoms with E-state index in [1.54, 1.807) is 20.8 Å². The quantitative estimate of drug-likeness (QED) is 0.857. The Morgan fingerprint density at radius 3 is 2.14 bits per heavy atom. The van der Waals surface area contributed by atoms with Crippen molar-refractivity contribution < 1.29 is 16.8 Å². The summed E-state index contributed by atoms with van der Waals surface area (Å²) < 4.78 is 50.6. The van der Waals surface area contributed by atoms with Crippen molar-refractivity contribution in [1.82, 2.24) is 10.2 Å². The molecule has 120 valence electrons. The van der Waals surface area contributed by atoms with Crippen molar-refractivity contribution in [3.05, 3.63) is 35.7 Å². The Kier molecular flexibility index (Phi) is 4.30. The van der Waals surface area contributed by atoms with E-state index in [9.17, 15) is 16.8 Å². The lowest BCUT2D eigenvalue weighted by Crippen LogP contribution is -2.14. The molecular weight excluding hydrogens is 326 g/mol. The molecule has 2 N–H and O–H groups in total. The molecule has 1 aromatic heterocycles. The zero-order chi connectivity index (χ0) is 16.5. The van der Waals surface area contributed by atoms with Crippen LogP contribution in [0, 0.1) is 13.8 Å². The van der Waals surface area contributed by atoms with Gasteiger partial charge in [0.2, 0.25) is 0 Å². The number of rotatable bonds is 5. The highest BCUT2D eigenvalue weighted by Crippen LogP contribution is 2.22. The second-order valence-electron chi connectivity index (χ2n) is 4.80. The summed E-state index contributed by atoms with van der Waals surface area (Å²) in [4.78, 5) is 0.256. The monoisotopic (exact) mass is 343 g/mol. The molecule has 0 saturated carbocycles. The minimum Gasteiger partial charge on any atom is -0.281 e. The first-order valence-corrected chi connectivity index (χ1v) is 9.68. The Hall–Kier alpha value is -1.87. The van der Waals surface area contributed by atoms with Crippen LogP contribution in [0.2, 0.25) is 0 Å². The molecule has 0 aliphatic carbocycles. The van der Waals surface area contributed by atoms with E-state index in [-0.39, 0.29) is 21.2 Å². The molecular formula is C13H17N3O4S2. The van der Waals surface area contributed by atoms with Gasteiger partial charge in [-0.05, 0) is 38.1 Å². The molecule has 0 unspecified atom stereocenters. The van der Waals surface area contributed by atoms with Crippen LogP contribution in [0.3, 0.4) is 0 Å². The molecule has 2 rings (SSSR count). The number of sulfonamides is 1. The summed E-state index contributed by atoms with van der Waals surface area (Å²) in [6.45, 7) is 4.76. The average molecular weight is 343 g/mol. The lowest BCUT2D eigenvalue weighted by atomic mass is 10.3. The van der Waals surface area contributed by atoms with Gasteiger partial charge in [0.15, 0.2) is 9.84 Å². The van der Waals surface area contributed by atoms with Gasteiger partial charge in [0.1, 0.15) is 4.90 Å². The number of nitrogens with one attached hydrogen (secondary N) is 2. The van der Waals surface area contributed by atoms with Crippen molar-refractivity contribution in [3.63, 3.8) is 0 Å². The van der Waals surface area contributed by atoms with Crippen LogP contribution in [0.1, 0.15) is 18.3 Å². The van der Waals surface area contributed by atoms with Crippen LogP contribution in [-0.2, 0) is 19.9 Å². The fraction of sp³-hybridized carbons (Fsp3) is 0.308. The zero-order valence-electron chi connectivity index (χ0n) is 12.4. The van der Waals surface area contributed by atoms with Crippen molar-refractivity contribution in [2.75, 3.05) is 10.5 Å². The number of H-pyrrole nitrogens is 1. The lowest BCUT2D eigenvalue weighted by molar-refractivity contribution is 0.597. The van der Waals surface area contributed by atoms with Gasteiger partial charge in [-0.25, -0.2) is 16.8 Å². The molecule has 1 aromatic carbocycles. The number of aryl methyl sites for hydroxylation is 2. The topological polar surface area (TPSA) is 109 Å². The van der Waals surface area contributed by atoms with E-state index in [0.717, 1.165) is 0 Å². The van der Waals surface area contributed by atoms with E-state index in [2.05, 4.69) is 14.9 Å². The van der Waals surface area contributed by atoms with Gasteiger partial charge in [-0.3, -0.25) is 9.82 Å². The highest BCUT2D eigenvalue weighted by atomic mass is 32.2.